The van der Waals surface area contributed by atoms with Gasteiger partial charge in [0.2, 0.25) is 13.6 Å². The van der Waals surface area contributed by atoms with Crippen LogP contribution in [0.25, 0.3) is 0 Å². The van der Waals surface area contributed by atoms with Crippen molar-refractivity contribution in [3.05, 3.63) is 82.4 Å². The lowest BCUT2D eigenvalue weighted by Gasteiger charge is -2.23. The Labute approximate surface area is 187 Å². The second-order valence-corrected chi connectivity index (χ2v) is 8.19. The van der Waals surface area contributed by atoms with E-state index in [0.29, 0.717) is 28.6 Å². The van der Waals surface area contributed by atoms with Gasteiger partial charge in [0.15, 0.2) is 23.0 Å². The van der Waals surface area contributed by atoms with Gasteiger partial charge in [-0.15, -0.1) is 0 Å². The second-order valence-electron chi connectivity index (χ2n) is 8.19. The number of carboxylic acid groups (broad SMARTS) is 2. The molecule has 0 bridgehead atoms. The summed E-state index contributed by atoms with van der Waals surface area (Å²) in [5, 5.41) is 20.0. The molecule has 8 heteroatoms. The zero-order chi connectivity index (χ0) is 22.7. The fourth-order valence-electron chi connectivity index (χ4n) is 5.11. The molecule has 2 heterocycles. The Hall–Kier alpha value is -4.20. The molecule has 1 aliphatic carbocycles. The Balaban J connectivity index is 1.55. The monoisotopic (exact) mass is 446 g/mol. The lowest BCUT2D eigenvalue weighted by molar-refractivity contribution is -0.142. The highest BCUT2D eigenvalue weighted by Gasteiger charge is 2.47. The molecule has 3 atom stereocenters. The van der Waals surface area contributed by atoms with Crippen LogP contribution in [0.2, 0.25) is 0 Å². The average molecular weight is 446 g/mol. The number of hydrogen-bond acceptors (Lipinski definition) is 6. The number of fused-ring (bicyclic) bond motifs is 3. The van der Waals surface area contributed by atoms with E-state index in [4.69, 9.17) is 18.9 Å². The van der Waals surface area contributed by atoms with Crippen LogP contribution in [0.5, 0.6) is 23.0 Å². The van der Waals surface area contributed by atoms with Gasteiger partial charge in [0.25, 0.3) is 0 Å². The predicted octanol–water partition coefficient (Wildman–Crippen LogP) is 3.82. The van der Waals surface area contributed by atoms with Crippen molar-refractivity contribution in [1.82, 2.24) is 0 Å². The number of carboxylic acids is 2. The highest BCUT2D eigenvalue weighted by atomic mass is 16.7. The summed E-state index contributed by atoms with van der Waals surface area (Å²) in [7, 11) is 0. The van der Waals surface area contributed by atoms with E-state index in [1.54, 1.807) is 36.4 Å². The normalized spacial score (nSPS) is 21.6. The summed E-state index contributed by atoms with van der Waals surface area (Å²) in [4.78, 5) is 24.4. The molecule has 0 saturated carbocycles. The quantitative estimate of drug-likeness (QED) is 0.622. The number of aliphatic carboxylic acids is 1. The SMILES string of the molecule is O=C(O)c1ccc2c(c1)C(c1ccc3c(c1)OCO3)C(C(=O)O)C2c1ccc2c(c1)OCO2. The molecule has 2 N–H and O–H groups in total. The summed E-state index contributed by atoms with van der Waals surface area (Å²) < 4.78 is 21.8. The number of ether oxygens (including phenoxy) is 4. The fraction of sp³-hybridized carbons (Fsp3) is 0.200. The molecule has 3 aromatic carbocycles. The molecule has 0 amide bonds. The summed E-state index contributed by atoms with van der Waals surface area (Å²) in [6.07, 6.45) is 0. The molecule has 0 aromatic heterocycles. The number of hydrogen-bond donors (Lipinski definition) is 2. The Morgan fingerprint density at radius 2 is 1.21 bits per heavy atom. The third-order valence-corrected chi connectivity index (χ3v) is 6.52. The van der Waals surface area contributed by atoms with Gasteiger partial charge in [-0.2, -0.15) is 0 Å². The van der Waals surface area contributed by atoms with Crippen LogP contribution >= 0.6 is 0 Å². The summed E-state index contributed by atoms with van der Waals surface area (Å²) >= 11 is 0. The van der Waals surface area contributed by atoms with E-state index in [2.05, 4.69) is 0 Å². The lowest BCUT2D eigenvalue weighted by Crippen LogP contribution is -2.24. The Kier molecular flexibility index (Phi) is 4.23. The van der Waals surface area contributed by atoms with Crippen molar-refractivity contribution >= 4 is 11.9 Å². The average Bonchev–Trinajstić information content (AvgIpc) is 3.53. The van der Waals surface area contributed by atoms with E-state index < -0.39 is 29.7 Å². The largest absolute Gasteiger partial charge is 0.481 e. The molecular formula is C25H18O8. The van der Waals surface area contributed by atoms with Gasteiger partial charge in [0.05, 0.1) is 11.5 Å². The van der Waals surface area contributed by atoms with Gasteiger partial charge in [-0.25, -0.2) is 4.79 Å². The van der Waals surface area contributed by atoms with Gasteiger partial charge < -0.3 is 29.2 Å². The van der Waals surface area contributed by atoms with Gasteiger partial charge in [-0.1, -0.05) is 18.2 Å². The maximum atomic E-state index is 12.7. The molecule has 6 rings (SSSR count). The molecular weight excluding hydrogens is 428 g/mol. The summed E-state index contributed by atoms with van der Waals surface area (Å²) in [5.41, 5.74) is 3.03. The molecule has 0 fully saturated rings. The minimum absolute atomic E-state index is 0.103. The number of carbonyl (C=O) groups is 2. The number of benzene rings is 3. The van der Waals surface area contributed by atoms with Crippen molar-refractivity contribution in [3.8, 4) is 23.0 Å². The van der Waals surface area contributed by atoms with Crippen molar-refractivity contribution < 1.29 is 38.7 Å². The first kappa shape index (κ1) is 19.5. The van der Waals surface area contributed by atoms with E-state index >= 15 is 0 Å². The summed E-state index contributed by atoms with van der Waals surface area (Å²) in [6.45, 7) is 0.218. The first-order chi connectivity index (χ1) is 16.0. The van der Waals surface area contributed by atoms with E-state index in [1.165, 1.54) is 6.07 Å². The van der Waals surface area contributed by atoms with Crippen LogP contribution in [0.1, 0.15) is 44.4 Å². The molecule has 3 aliphatic rings. The molecule has 3 aromatic rings. The van der Waals surface area contributed by atoms with Crippen LogP contribution in [0.4, 0.5) is 0 Å². The Morgan fingerprint density at radius 1 is 0.667 bits per heavy atom. The van der Waals surface area contributed by atoms with Crippen molar-refractivity contribution in [2.75, 3.05) is 13.6 Å². The van der Waals surface area contributed by atoms with Crippen molar-refractivity contribution in [2.45, 2.75) is 11.8 Å². The van der Waals surface area contributed by atoms with Crippen LogP contribution in [0.15, 0.2) is 54.6 Å². The molecule has 0 saturated heterocycles. The van der Waals surface area contributed by atoms with Crippen LogP contribution in [0, 0.1) is 5.92 Å². The van der Waals surface area contributed by atoms with Crippen molar-refractivity contribution in [2.24, 2.45) is 5.92 Å². The third-order valence-electron chi connectivity index (χ3n) is 6.52. The first-order valence-electron chi connectivity index (χ1n) is 10.4. The molecule has 3 unspecified atom stereocenters. The van der Waals surface area contributed by atoms with Gasteiger partial charge in [0, 0.05) is 11.8 Å². The van der Waals surface area contributed by atoms with Crippen molar-refractivity contribution in [3.63, 3.8) is 0 Å². The first-order valence-corrected chi connectivity index (χ1v) is 10.4. The topological polar surface area (TPSA) is 112 Å². The Morgan fingerprint density at radius 3 is 1.76 bits per heavy atom. The molecule has 2 aliphatic heterocycles. The number of rotatable bonds is 4. The lowest BCUT2D eigenvalue weighted by atomic mass is 9.79. The molecule has 33 heavy (non-hydrogen) atoms. The maximum Gasteiger partial charge on any atom is 0.335 e. The molecule has 0 spiro atoms. The Bertz CT molecular complexity index is 1310. The number of aromatic carboxylic acids is 1. The highest BCUT2D eigenvalue weighted by molar-refractivity contribution is 5.89. The standard InChI is InChI=1S/C25H18O8/c26-24(27)14-1-4-15-16(7-14)22(13-3-6-18-20(9-13)33-11-31-18)23(25(28)29)21(15)12-2-5-17-19(8-12)32-10-30-17/h1-9,21-23H,10-11H2,(H,26,27)(H,28,29). The van der Waals surface area contributed by atoms with Gasteiger partial charge in [-0.05, 0) is 58.7 Å². The minimum Gasteiger partial charge on any atom is -0.481 e. The zero-order valence-corrected chi connectivity index (χ0v) is 17.2. The maximum absolute atomic E-state index is 12.7. The highest BCUT2D eigenvalue weighted by Crippen LogP contribution is 2.54. The summed E-state index contributed by atoms with van der Waals surface area (Å²) in [6, 6.07) is 15.6. The van der Waals surface area contributed by atoms with E-state index in [9.17, 15) is 19.8 Å². The van der Waals surface area contributed by atoms with E-state index in [-0.39, 0.29) is 19.1 Å². The van der Waals surface area contributed by atoms with Crippen molar-refractivity contribution in [1.29, 1.82) is 0 Å². The van der Waals surface area contributed by atoms with Crippen LogP contribution < -0.4 is 18.9 Å². The predicted molar refractivity (Wildman–Crippen MR) is 113 cm³/mol. The molecule has 8 nitrogen and oxygen atoms in total. The van der Waals surface area contributed by atoms with Crippen LogP contribution in [-0.4, -0.2) is 35.7 Å². The van der Waals surface area contributed by atoms with Crippen LogP contribution in [-0.2, 0) is 4.79 Å². The third kappa shape index (κ3) is 2.98. The van der Waals surface area contributed by atoms with Gasteiger partial charge in [0.1, 0.15) is 0 Å². The fourth-order valence-corrected chi connectivity index (χ4v) is 5.11. The van der Waals surface area contributed by atoms with Gasteiger partial charge in [-0.3, -0.25) is 4.79 Å². The van der Waals surface area contributed by atoms with Crippen LogP contribution in [0.3, 0.4) is 0 Å². The summed E-state index contributed by atoms with van der Waals surface area (Å²) in [5.74, 6) is -1.70. The van der Waals surface area contributed by atoms with E-state index in [1.807, 2.05) is 12.1 Å². The van der Waals surface area contributed by atoms with Gasteiger partial charge >= 0.3 is 11.9 Å². The molecule has 166 valence electrons. The molecule has 0 radical (unpaired) electrons. The zero-order valence-electron chi connectivity index (χ0n) is 17.2. The second kappa shape index (κ2) is 7.16. The minimum atomic E-state index is -1.07. The smallest absolute Gasteiger partial charge is 0.335 e. The van der Waals surface area contributed by atoms with E-state index in [0.717, 1.165) is 16.7 Å².